The van der Waals surface area contributed by atoms with Crippen LogP contribution in [0, 0.1) is 23.7 Å². The van der Waals surface area contributed by atoms with E-state index in [1.165, 1.54) is 31.7 Å². The average Bonchev–Trinajstić information content (AvgIpc) is 3.05. The van der Waals surface area contributed by atoms with E-state index < -0.39 is 0 Å². The van der Waals surface area contributed by atoms with Crippen LogP contribution >= 0.6 is 0 Å². The molecule has 1 amide bonds. The Labute approximate surface area is 132 Å². The van der Waals surface area contributed by atoms with Crippen molar-refractivity contribution in [1.29, 1.82) is 0 Å². The summed E-state index contributed by atoms with van der Waals surface area (Å²) >= 11 is 0. The van der Waals surface area contributed by atoms with Gasteiger partial charge in [-0.2, -0.15) is 0 Å². The van der Waals surface area contributed by atoms with Crippen molar-refractivity contribution >= 4 is 5.91 Å². The van der Waals surface area contributed by atoms with Gasteiger partial charge in [-0.3, -0.25) is 4.79 Å². The Morgan fingerprint density at radius 2 is 2.18 bits per heavy atom. The predicted molar refractivity (Wildman–Crippen MR) is 85.5 cm³/mol. The number of nitrogens with one attached hydrogen (secondary N) is 1. The summed E-state index contributed by atoms with van der Waals surface area (Å²) < 4.78 is 0. The second kappa shape index (κ2) is 6.27. The van der Waals surface area contributed by atoms with Crippen molar-refractivity contribution in [2.24, 2.45) is 23.7 Å². The Morgan fingerprint density at radius 3 is 2.86 bits per heavy atom. The first-order valence-electron chi connectivity index (χ1n) is 8.60. The summed E-state index contributed by atoms with van der Waals surface area (Å²) in [4.78, 5) is 16.4. The number of nitrogens with zero attached hydrogens (tertiary/aromatic N) is 1. The molecule has 2 N–H and O–H groups in total. The molecule has 3 rings (SSSR count). The summed E-state index contributed by atoms with van der Waals surface area (Å²) in [5.74, 6) is 2.66. The summed E-state index contributed by atoms with van der Waals surface area (Å²) in [6.45, 7) is 4.55. The molecule has 5 atom stereocenters. The molecule has 0 saturated heterocycles. The van der Waals surface area contributed by atoms with Crippen molar-refractivity contribution in [3.63, 3.8) is 0 Å². The maximum absolute atomic E-state index is 12.4. The standard InChI is InChI=1S/C18H26N2O2/c1-3-6-13-12(4-2)11-9-14(13)15(10-11)20-18(22)17-16(21)7-5-8-19-17/h5,7-8,11-15,21H,3-4,6,9-10H2,1-2H3,(H,20,22). The zero-order valence-electron chi connectivity index (χ0n) is 13.5. The first kappa shape index (κ1) is 15.3. The van der Waals surface area contributed by atoms with E-state index in [0.29, 0.717) is 5.92 Å². The molecule has 2 bridgehead atoms. The Bertz CT molecular complexity index is 546. The Kier molecular flexibility index (Phi) is 4.37. The normalized spacial score (nSPS) is 33.1. The molecule has 2 saturated carbocycles. The second-order valence-corrected chi connectivity index (χ2v) is 6.87. The van der Waals surface area contributed by atoms with Crippen LogP contribution in [0.5, 0.6) is 5.75 Å². The van der Waals surface area contributed by atoms with Crippen LogP contribution in [0.25, 0.3) is 0 Å². The van der Waals surface area contributed by atoms with Crippen molar-refractivity contribution < 1.29 is 9.90 Å². The van der Waals surface area contributed by atoms with Crippen LogP contribution in [0.3, 0.4) is 0 Å². The highest BCUT2D eigenvalue weighted by atomic mass is 16.3. The summed E-state index contributed by atoms with van der Waals surface area (Å²) in [7, 11) is 0. The molecule has 22 heavy (non-hydrogen) atoms. The summed E-state index contributed by atoms with van der Waals surface area (Å²) in [5, 5.41) is 12.9. The maximum atomic E-state index is 12.4. The number of aromatic hydroxyl groups is 1. The highest BCUT2D eigenvalue weighted by molar-refractivity contribution is 5.94. The molecule has 5 unspecified atom stereocenters. The quantitative estimate of drug-likeness (QED) is 0.876. The fourth-order valence-corrected chi connectivity index (χ4v) is 4.97. The number of carbonyl (C=O) groups is 1. The number of rotatable bonds is 5. The molecule has 120 valence electrons. The van der Waals surface area contributed by atoms with Crippen LogP contribution in [0.2, 0.25) is 0 Å². The van der Waals surface area contributed by atoms with Crippen LogP contribution in [0.4, 0.5) is 0 Å². The van der Waals surface area contributed by atoms with Crippen molar-refractivity contribution in [2.75, 3.05) is 0 Å². The van der Waals surface area contributed by atoms with Gasteiger partial charge in [0.2, 0.25) is 0 Å². The lowest BCUT2D eigenvalue weighted by Crippen LogP contribution is -2.43. The molecule has 4 heteroatoms. The smallest absolute Gasteiger partial charge is 0.273 e. The minimum atomic E-state index is -0.237. The maximum Gasteiger partial charge on any atom is 0.273 e. The molecule has 4 nitrogen and oxygen atoms in total. The predicted octanol–water partition coefficient (Wildman–Crippen LogP) is 3.37. The van der Waals surface area contributed by atoms with Gasteiger partial charge >= 0.3 is 0 Å². The first-order chi connectivity index (χ1) is 10.7. The van der Waals surface area contributed by atoms with E-state index in [9.17, 15) is 9.90 Å². The molecule has 0 aromatic carbocycles. The molecular formula is C18H26N2O2. The van der Waals surface area contributed by atoms with Gasteiger partial charge in [-0.25, -0.2) is 4.98 Å². The van der Waals surface area contributed by atoms with Crippen molar-refractivity contribution in [2.45, 2.75) is 52.0 Å². The summed E-state index contributed by atoms with van der Waals surface area (Å²) in [6, 6.07) is 3.39. The van der Waals surface area contributed by atoms with Crippen molar-refractivity contribution in [3.05, 3.63) is 24.0 Å². The number of hydrogen-bond donors (Lipinski definition) is 2. The zero-order valence-corrected chi connectivity index (χ0v) is 13.5. The molecule has 2 aliphatic carbocycles. The molecular weight excluding hydrogens is 276 g/mol. The molecule has 2 aliphatic rings. The van der Waals surface area contributed by atoms with Crippen LogP contribution in [0.15, 0.2) is 18.3 Å². The lowest BCUT2D eigenvalue weighted by molar-refractivity contribution is 0.0876. The zero-order chi connectivity index (χ0) is 15.7. The highest BCUT2D eigenvalue weighted by Gasteiger charge is 2.51. The summed E-state index contributed by atoms with van der Waals surface area (Å²) in [6.07, 6.45) is 7.62. The summed E-state index contributed by atoms with van der Waals surface area (Å²) in [5.41, 5.74) is 0.143. The lowest BCUT2D eigenvalue weighted by Gasteiger charge is -2.35. The number of aromatic nitrogens is 1. The van der Waals surface area contributed by atoms with Crippen LogP contribution in [-0.2, 0) is 0 Å². The molecule has 0 radical (unpaired) electrons. The van der Waals surface area contributed by atoms with E-state index in [1.54, 1.807) is 12.3 Å². The monoisotopic (exact) mass is 302 g/mol. The minimum absolute atomic E-state index is 0.0419. The van der Waals surface area contributed by atoms with Gasteiger partial charge in [0.15, 0.2) is 5.69 Å². The molecule has 2 fully saturated rings. The molecule has 1 aromatic rings. The number of carbonyl (C=O) groups excluding carboxylic acids is 1. The first-order valence-corrected chi connectivity index (χ1v) is 8.60. The third kappa shape index (κ3) is 2.59. The van der Waals surface area contributed by atoms with E-state index in [-0.39, 0.29) is 23.4 Å². The van der Waals surface area contributed by atoms with Gasteiger partial charge < -0.3 is 10.4 Å². The fraction of sp³-hybridized carbons (Fsp3) is 0.667. The van der Waals surface area contributed by atoms with E-state index >= 15 is 0 Å². The van der Waals surface area contributed by atoms with E-state index in [2.05, 4.69) is 24.1 Å². The third-order valence-corrected chi connectivity index (χ3v) is 5.77. The highest BCUT2D eigenvalue weighted by Crippen LogP contribution is 2.55. The van der Waals surface area contributed by atoms with Gasteiger partial charge in [0.05, 0.1) is 0 Å². The van der Waals surface area contributed by atoms with Crippen molar-refractivity contribution in [3.8, 4) is 5.75 Å². The Morgan fingerprint density at radius 1 is 1.36 bits per heavy atom. The molecule has 1 heterocycles. The fourth-order valence-electron chi connectivity index (χ4n) is 4.97. The SMILES string of the molecule is CCCC1C(CC)C2CC(NC(=O)c3ncccc3O)C1C2. The Hall–Kier alpha value is -1.58. The largest absolute Gasteiger partial charge is 0.505 e. The van der Waals surface area contributed by atoms with Crippen LogP contribution in [-0.4, -0.2) is 22.0 Å². The lowest BCUT2D eigenvalue weighted by atomic mass is 9.73. The number of fused-ring (bicyclic) bond motifs is 2. The second-order valence-electron chi connectivity index (χ2n) is 6.87. The van der Waals surface area contributed by atoms with Gasteiger partial charge in [0.1, 0.15) is 5.75 Å². The average molecular weight is 302 g/mol. The van der Waals surface area contributed by atoms with Gasteiger partial charge in [-0.15, -0.1) is 0 Å². The van der Waals surface area contributed by atoms with Gasteiger partial charge in [-0.1, -0.05) is 33.1 Å². The van der Waals surface area contributed by atoms with Crippen molar-refractivity contribution in [1.82, 2.24) is 10.3 Å². The van der Waals surface area contributed by atoms with E-state index in [1.807, 2.05) is 0 Å². The molecule has 1 aromatic heterocycles. The Balaban J connectivity index is 1.70. The number of pyridine rings is 1. The number of hydrogen-bond acceptors (Lipinski definition) is 3. The third-order valence-electron chi connectivity index (χ3n) is 5.77. The minimum Gasteiger partial charge on any atom is -0.505 e. The van der Waals surface area contributed by atoms with Crippen LogP contribution < -0.4 is 5.32 Å². The number of amides is 1. The topological polar surface area (TPSA) is 62.2 Å². The van der Waals surface area contributed by atoms with Gasteiger partial charge in [-0.05, 0) is 48.6 Å². The van der Waals surface area contributed by atoms with E-state index in [0.717, 1.165) is 24.2 Å². The van der Waals surface area contributed by atoms with E-state index in [4.69, 9.17) is 0 Å². The van der Waals surface area contributed by atoms with Crippen LogP contribution in [0.1, 0.15) is 56.4 Å². The van der Waals surface area contributed by atoms with Gasteiger partial charge in [0, 0.05) is 12.2 Å². The molecule has 0 aliphatic heterocycles. The van der Waals surface area contributed by atoms with Gasteiger partial charge in [0.25, 0.3) is 5.91 Å². The molecule has 0 spiro atoms.